The Labute approximate surface area is 176 Å². The fourth-order valence-electron chi connectivity index (χ4n) is 4.42. The van der Waals surface area contributed by atoms with Crippen molar-refractivity contribution in [3.63, 3.8) is 0 Å². The molecule has 0 saturated heterocycles. The molecule has 1 atom stereocenters. The van der Waals surface area contributed by atoms with Crippen molar-refractivity contribution in [2.75, 3.05) is 11.1 Å². The maximum absolute atomic E-state index is 9.56. The zero-order valence-electron chi connectivity index (χ0n) is 17.7. The summed E-state index contributed by atoms with van der Waals surface area (Å²) in [5, 5.41) is 12.9. The predicted octanol–water partition coefficient (Wildman–Crippen LogP) is 3.28. The Bertz CT molecular complexity index is 1120. The van der Waals surface area contributed by atoms with Gasteiger partial charge in [0.2, 0.25) is 5.95 Å². The number of nitriles is 1. The molecular formula is C22H28N8. The van der Waals surface area contributed by atoms with Crippen molar-refractivity contribution in [1.82, 2.24) is 19.5 Å². The number of anilines is 2. The monoisotopic (exact) mass is 404 g/mol. The Morgan fingerprint density at radius 3 is 2.67 bits per heavy atom. The molecule has 3 aromatic heterocycles. The van der Waals surface area contributed by atoms with Crippen molar-refractivity contribution in [2.24, 2.45) is 12.8 Å². The van der Waals surface area contributed by atoms with Crippen molar-refractivity contribution in [2.45, 2.75) is 57.5 Å². The molecular weight excluding hydrogens is 376 g/mol. The summed E-state index contributed by atoms with van der Waals surface area (Å²) >= 11 is 0. The van der Waals surface area contributed by atoms with E-state index < -0.39 is 0 Å². The van der Waals surface area contributed by atoms with Gasteiger partial charge in [-0.2, -0.15) is 10.2 Å². The number of nitrogens with zero attached hydrogens (tertiary/aromatic N) is 5. The van der Waals surface area contributed by atoms with Crippen molar-refractivity contribution in [1.29, 1.82) is 5.26 Å². The fraction of sp³-hybridized carbons (Fsp3) is 0.455. The molecule has 1 fully saturated rings. The number of aryl methyl sites for hydroxylation is 2. The molecule has 0 bridgehead atoms. The first-order chi connectivity index (χ1) is 14.4. The summed E-state index contributed by atoms with van der Waals surface area (Å²) in [5.41, 5.74) is 17.2. The minimum absolute atomic E-state index is 0.147. The second-order valence-electron chi connectivity index (χ2n) is 8.27. The third kappa shape index (κ3) is 3.68. The van der Waals surface area contributed by atoms with Crippen molar-refractivity contribution in [3.8, 4) is 6.07 Å². The number of pyridine rings is 1. The van der Waals surface area contributed by atoms with Gasteiger partial charge in [-0.3, -0.25) is 0 Å². The van der Waals surface area contributed by atoms with E-state index in [0.29, 0.717) is 23.0 Å². The highest BCUT2D eigenvalue weighted by atomic mass is 15.1. The number of nitrogen functional groups attached to an aromatic ring is 1. The maximum Gasteiger partial charge on any atom is 0.222 e. The zero-order valence-corrected chi connectivity index (χ0v) is 17.7. The molecule has 3 heterocycles. The Balaban J connectivity index is 1.76. The Morgan fingerprint density at radius 2 is 1.97 bits per heavy atom. The van der Waals surface area contributed by atoms with E-state index in [0.717, 1.165) is 42.4 Å². The number of hydrogen-bond acceptors (Lipinski definition) is 7. The number of hydrogen-bond donors (Lipinski definition) is 3. The largest absolute Gasteiger partial charge is 0.368 e. The van der Waals surface area contributed by atoms with Crippen LogP contribution in [0.2, 0.25) is 0 Å². The summed E-state index contributed by atoms with van der Waals surface area (Å²) < 4.78 is 2.10. The van der Waals surface area contributed by atoms with E-state index in [4.69, 9.17) is 16.5 Å². The minimum atomic E-state index is -0.152. The van der Waals surface area contributed by atoms with Crippen LogP contribution in [0.4, 0.5) is 11.8 Å². The molecule has 0 spiro atoms. The van der Waals surface area contributed by atoms with Gasteiger partial charge in [0.05, 0.1) is 28.5 Å². The van der Waals surface area contributed by atoms with Crippen molar-refractivity contribution >= 4 is 22.8 Å². The molecule has 4 rings (SSSR count). The van der Waals surface area contributed by atoms with Crippen LogP contribution in [0.3, 0.4) is 0 Å². The van der Waals surface area contributed by atoms with E-state index in [1.165, 1.54) is 5.56 Å². The quantitative estimate of drug-likeness (QED) is 0.608. The first-order valence-electron chi connectivity index (χ1n) is 10.4. The summed E-state index contributed by atoms with van der Waals surface area (Å²) in [5.74, 6) is 1.01. The normalized spacial score (nSPS) is 20.1. The number of nitrogens with two attached hydrogens (primary N) is 2. The molecule has 30 heavy (non-hydrogen) atoms. The maximum atomic E-state index is 9.56. The van der Waals surface area contributed by atoms with Gasteiger partial charge in [0.25, 0.3) is 0 Å². The third-order valence-electron chi connectivity index (χ3n) is 6.12. The van der Waals surface area contributed by atoms with Gasteiger partial charge in [-0.1, -0.05) is 0 Å². The van der Waals surface area contributed by atoms with Gasteiger partial charge < -0.3 is 21.4 Å². The highest BCUT2D eigenvalue weighted by Crippen LogP contribution is 2.37. The van der Waals surface area contributed by atoms with E-state index in [1.54, 1.807) is 6.92 Å². The van der Waals surface area contributed by atoms with Gasteiger partial charge in [0.1, 0.15) is 17.5 Å². The van der Waals surface area contributed by atoms with E-state index in [2.05, 4.69) is 32.0 Å². The average molecular weight is 405 g/mol. The van der Waals surface area contributed by atoms with Gasteiger partial charge in [0.15, 0.2) is 0 Å². The minimum Gasteiger partial charge on any atom is -0.368 e. The van der Waals surface area contributed by atoms with Gasteiger partial charge in [-0.25, -0.2) is 9.97 Å². The van der Waals surface area contributed by atoms with Crippen LogP contribution in [0.5, 0.6) is 0 Å². The first kappa shape index (κ1) is 20.1. The molecule has 8 heteroatoms. The lowest BCUT2D eigenvalue weighted by Crippen LogP contribution is -2.26. The topological polar surface area (TPSA) is 131 Å². The molecule has 0 aromatic carbocycles. The van der Waals surface area contributed by atoms with E-state index in [-0.39, 0.29) is 18.0 Å². The highest BCUT2D eigenvalue weighted by Gasteiger charge is 2.26. The van der Waals surface area contributed by atoms with Crippen LogP contribution in [0, 0.1) is 18.3 Å². The molecule has 1 aliphatic rings. The summed E-state index contributed by atoms with van der Waals surface area (Å²) in [7, 11) is 2.04. The smallest absolute Gasteiger partial charge is 0.222 e. The second kappa shape index (κ2) is 7.92. The molecule has 5 N–H and O–H groups in total. The molecule has 1 aliphatic carbocycles. The molecule has 0 radical (unpaired) electrons. The van der Waals surface area contributed by atoms with Crippen LogP contribution in [-0.2, 0) is 7.05 Å². The summed E-state index contributed by atoms with van der Waals surface area (Å²) in [6.07, 6.45) is 6.19. The van der Waals surface area contributed by atoms with Gasteiger partial charge >= 0.3 is 0 Å². The lowest BCUT2D eigenvalue weighted by molar-refractivity contribution is 0.393. The van der Waals surface area contributed by atoms with Crippen LogP contribution < -0.4 is 16.8 Å². The fourth-order valence-corrected chi connectivity index (χ4v) is 4.42. The zero-order chi connectivity index (χ0) is 21.4. The molecule has 156 valence electrons. The van der Waals surface area contributed by atoms with E-state index in [1.807, 2.05) is 26.2 Å². The average Bonchev–Trinajstić information content (AvgIpc) is 3.07. The standard InChI is InChI=1S/C22H28N8/c1-12-17(11-23)21(29-22(25)27-12)26-13(2)20-16(14-4-6-15(24)7-5-14)10-19-18(28-20)8-9-30(19)3/h8-10,13-15H,4-7,24H2,1-3H3,(H3,25,26,27,29). The molecule has 3 aromatic rings. The molecule has 8 nitrogen and oxygen atoms in total. The molecule has 1 saturated carbocycles. The Kier molecular flexibility index (Phi) is 5.31. The van der Waals surface area contributed by atoms with Crippen LogP contribution in [0.1, 0.15) is 67.1 Å². The Hall–Kier alpha value is -3.18. The number of rotatable bonds is 4. The van der Waals surface area contributed by atoms with Gasteiger partial charge in [-0.05, 0) is 63.1 Å². The number of nitrogens with one attached hydrogen (secondary N) is 1. The van der Waals surface area contributed by atoms with E-state index in [9.17, 15) is 5.26 Å². The van der Waals surface area contributed by atoms with Crippen molar-refractivity contribution in [3.05, 3.63) is 40.8 Å². The SMILES string of the molecule is Cc1nc(N)nc(NC(C)c2nc3ccn(C)c3cc2C2CCC(N)CC2)c1C#N. The second-order valence-corrected chi connectivity index (χ2v) is 8.27. The summed E-state index contributed by atoms with van der Waals surface area (Å²) in [4.78, 5) is 13.4. The van der Waals surface area contributed by atoms with E-state index >= 15 is 0 Å². The van der Waals surface area contributed by atoms with Crippen LogP contribution >= 0.6 is 0 Å². The summed E-state index contributed by atoms with van der Waals surface area (Å²) in [6.45, 7) is 3.81. The highest BCUT2D eigenvalue weighted by molar-refractivity contribution is 5.77. The summed E-state index contributed by atoms with van der Waals surface area (Å²) in [6, 6.07) is 6.61. The van der Waals surface area contributed by atoms with Gasteiger partial charge in [-0.15, -0.1) is 0 Å². The molecule has 1 unspecified atom stereocenters. The first-order valence-corrected chi connectivity index (χ1v) is 10.4. The van der Waals surface area contributed by atoms with Crippen LogP contribution in [0.15, 0.2) is 18.3 Å². The lowest BCUT2D eigenvalue weighted by Gasteiger charge is -2.29. The number of fused-ring (bicyclic) bond motifs is 1. The molecule has 0 amide bonds. The number of aromatic nitrogens is 4. The predicted molar refractivity (Wildman–Crippen MR) is 118 cm³/mol. The Morgan fingerprint density at radius 1 is 1.23 bits per heavy atom. The molecule has 0 aliphatic heterocycles. The van der Waals surface area contributed by atoms with Crippen LogP contribution in [0.25, 0.3) is 11.0 Å². The van der Waals surface area contributed by atoms with Crippen LogP contribution in [-0.4, -0.2) is 25.6 Å². The third-order valence-corrected chi connectivity index (χ3v) is 6.12. The van der Waals surface area contributed by atoms with Gasteiger partial charge in [0, 0.05) is 19.3 Å². The van der Waals surface area contributed by atoms with Crippen molar-refractivity contribution < 1.29 is 0 Å². The lowest BCUT2D eigenvalue weighted by atomic mass is 9.80.